The van der Waals surface area contributed by atoms with Crippen molar-refractivity contribution in [3.05, 3.63) is 34.2 Å². The fourth-order valence-electron chi connectivity index (χ4n) is 3.47. The van der Waals surface area contributed by atoms with Gasteiger partial charge in [-0.15, -0.1) is 0 Å². The van der Waals surface area contributed by atoms with E-state index in [2.05, 4.69) is 0 Å². The molecule has 19 heavy (non-hydrogen) atoms. The van der Waals surface area contributed by atoms with Crippen LogP contribution in [0.2, 0.25) is 0 Å². The largest absolute Gasteiger partial charge is 0.342 e. The monoisotopic (exact) mass is 260 g/mol. The molecule has 1 fully saturated rings. The van der Waals surface area contributed by atoms with Gasteiger partial charge in [0.05, 0.1) is 0 Å². The zero-order valence-corrected chi connectivity index (χ0v) is 11.3. The van der Waals surface area contributed by atoms with Gasteiger partial charge < -0.3 is 9.47 Å². The molecule has 1 aromatic rings. The summed E-state index contributed by atoms with van der Waals surface area (Å²) in [6, 6.07) is 5.50. The topological polar surface area (TPSA) is 42.3 Å². The number of nitrogens with zero attached hydrogens (tertiary/aromatic N) is 2. The van der Waals surface area contributed by atoms with Gasteiger partial charge in [0.2, 0.25) is 5.91 Å². The molecule has 1 aromatic heterocycles. The lowest BCUT2D eigenvalue weighted by Crippen LogP contribution is -2.49. The lowest BCUT2D eigenvalue weighted by Gasteiger charge is -2.42. The van der Waals surface area contributed by atoms with Gasteiger partial charge in [0.25, 0.3) is 5.56 Å². The minimum atomic E-state index is 0.0977. The van der Waals surface area contributed by atoms with Crippen molar-refractivity contribution >= 4 is 5.91 Å². The van der Waals surface area contributed by atoms with E-state index in [0.29, 0.717) is 18.3 Å². The van der Waals surface area contributed by atoms with E-state index in [1.165, 1.54) is 0 Å². The zero-order chi connectivity index (χ0) is 13.4. The van der Waals surface area contributed by atoms with Crippen molar-refractivity contribution in [2.45, 2.75) is 38.6 Å². The van der Waals surface area contributed by atoms with E-state index in [-0.39, 0.29) is 11.5 Å². The van der Waals surface area contributed by atoms with Crippen LogP contribution in [0.5, 0.6) is 0 Å². The summed E-state index contributed by atoms with van der Waals surface area (Å²) in [5.41, 5.74) is 1.21. The normalized spacial score (nSPS) is 25.0. The fraction of sp³-hybridized carbons (Fsp3) is 0.600. The molecule has 0 spiro atoms. The second kappa shape index (κ2) is 4.83. The van der Waals surface area contributed by atoms with E-state index in [1.807, 2.05) is 28.5 Å². The maximum Gasteiger partial charge on any atom is 0.250 e. The number of piperidine rings is 1. The molecular formula is C15H20N2O2. The van der Waals surface area contributed by atoms with Crippen molar-refractivity contribution in [3.8, 4) is 0 Å². The number of aromatic nitrogens is 1. The predicted molar refractivity (Wildman–Crippen MR) is 73.0 cm³/mol. The van der Waals surface area contributed by atoms with E-state index < -0.39 is 0 Å². The molecule has 3 heterocycles. The van der Waals surface area contributed by atoms with Crippen LogP contribution in [0.3, 0.4) is 0 Å². The summed E-state index contributed by atoms with van der Waals surface area (Å²) in [4.78, 5) is 26.0. The average molecular weight is 260 g/mol. The van der Waals surface area contributed by atoms with Gasteiger partial charge in [0.15, 0.2) is 0 Å². The Morgan fingerprint density at radius 1 is 1.32 bits per heavy atom. The van der Waals surface area contributed by atoms with Crippen LogP contribution in [0.25, 0.3) is 0 Å². The molecule has 2 atom stereocenters. The van der Waals surface area contributed by atoms with Crippen LogP contribution in [0, 0.1) is 5.92 Å². The van der Waals surface area contributed by atoms with E-state index >= 15 is 0 Å². The van der Waals surface area contributed by atoms with Crippen molar-refractivity contribution in [2.24, 2.45) is 5.92 Å². The molecule has 0 aliphatic carbocycles. The van der Waals surface area contributed by atoms with E-state index in [1.54, 1.807) is 6.07 Å². The molecule has 0 saturated carbocycles. The highest BCUT2D eigenvalue weighted by atomic mass is 16.2. The molecule has 1 saturated heterocycles. The van der Waals surface area contributed by atoms with Crippen LogP contribution < -0.4 is 5.56 Å². The Labute approximate surface area is 113 Å². The van der Waals surface area contributed by atoms with Gasteiger partial charge in [-0.25, -0.2) is 0 Å². The molecule has 4 heteroatoms. The summed E-state index contributed by atoms with van der Waals surface area (Å²) in [5, 5.41) is 0. The Kier molecular flexibility index (Phi) is 3.17. The van der Waals surface area contributed by atoms with Gasteiger partial charge in [-0.05, 0) is 24.8 Å². The molecule has 0 aromatic carbocycles. The van der Waals surface area contributed by atoms with Crippen molar-refractivity contribution in [1.82, 2.24) is 9.47 Å². The lowest BCUT2D eigenvalue weighted by molar-refractivity contribution is -0.134. The Balaban J connectivity index is 1.88. The summed E-state index contributed by atoms with van der Waals surface area (Å²) in [6.07, 6.45) is 2.65. The SMILES string of the molecule is CCCC(=O)N1CC2C[C@@H](C1)c1cccc(=O)n1C2. The van der Waals surface area contributed by atoms with Crippen LogP contribution in [0.15, 0.2) is 23.0 Å². The van der Waals surface area contributed by atoms with E-state index in [4.69, 9.17) is 0 Å². The third-order valence-corrected chi connectivity index (χ3v) is 4.30. The molecular weight excluding hydrogens is 240 g/mol. The third-order valence-electron chi connectivity index (χ3n) is 4.30. The molecule has 0 radical (unpaired) electrons. The van der Waals surface area contributed by atoms with Crippen LogP contribution >= 0.6 is 0 Å². The number of carbonyl (C=O) groups excluding carboxylic acids is 1. The Bertz CT molecular complexity index is 549. The van der Waals surface area contributed by atoms with Gasteiger partial charge in [-0.3, -0.25) is 9.59 Å². The molecule has 2 aliphatic rings. The first kappa shape index (κ1) is 12.5. The summed E-state index contributed by atoms with van der Waals surface area (Å²) < 4.78 is 1.90. The van der Waals surface area contributed by atoms with Crippen LogP contribution in [-0.4, -0.2) is 28.5 Å². The Hall–Kier alpha value is -1.58. The van der Waals surface area contributed by atoms with Gasteiger partial charge in [0, 0.05) is 43.7 Å². The third kappa shape index (κ3) is 2.20. The lowest BCUT2D eigenvalue weighted by atomic mass is 9.83. The predicted octanol–water partition coefficient (Wildman–Crippen LogP) is 1.59. The number of hydrogen-bond donors (Lipinski definition) is 0. The van der Waals surface area contributed by atoms with Crippen LogP contribution in [-0.2, 0) is 11.3 Å². The molecule has 2 aliphatic heterocycles. The molecule has 0 N–H and O–H groups in total. The van der Waals surface area contributed by atoms with E-state index in [0.717, 1.165) is 38.2 Å². The van der Waals surface area contributed by atoms with Crippen molar-refractivity contribution < 1.29 is 4.79 Å². The fourth-order valence-corrected chi connectivity index (χ4v) is 3.47. The molecule has 102 valence electrons. The molecule has 2 bridgehead atoms. The number of rotatable bonds is 2. The number of likely N-dealkylation sites (tertiary alicyclic amines) is 1. The van der Waals surface area contributed by atoms with Gasteiger partial charge in [-0.2, -0.15) is 0 Å². The quantitative estimate of drug-likeness (QED) is 0.810. The molecule has 3 rings (SSSR count). The van der Waals surface area contributed by atoms with Gasteiger partial charge >= 0.3 is 0 Å². The minimum absolute atomic E-state index is 0.0977. The molecule has 1 amide bonds. The second-order valence-electron chi connectivity index (χ2n) is 5.75. The summed E-state index contributed by atoms with van der Waals surface area (Å²) in [6.45, 7) is 4.40. The standard InChI is InChI=1S/C15H20N2O2/c1-2-4-14(18)16-8-11-7-12(10-16)13-5-3-6-15(19)17(13)9-11/h3,5-6,11-12H,2,4,7-10H2,1H3/t11?,12-/m0/s1. The minimum Gasteiger partial charge on any atom is -0.342 e. The first-order valence-electron chi connectivity index (χ1n) is 7.16. The van der Waals surface area contributed by atoms with Gasteiger partial charge in [-0.1, -0.05) is 13.0 Å². The van der Waals surface area contributed by atoms with E-state index in [9.17, 15) is 9.59 Å². The van der Waals surface area contributed by atoms with Crippen LogP contribution in [0.4, 0.5) is 0 Å². The Morgan fingerprint density at radius 2 is 2.16 bits per heavy atom. The molecule has 4 nitrogen and oxygen atoms in total. The number of hydrogen-bond acceptors (Lipinski definition) is 2. The number of amides is 1. The average Bonchev–Trinajstić information content (AvgIpc) is 2.40. The highest BCUT2D eigenvalue weighted by molar-refractivity contribution is 5.76. The Morgan fingerprint density at radius 3 is 2.95 bits per heavy atom. The van der Waals surface area contributed by atoms with Crippen molar-refractivity contribution in [3.63, 3.8) is 0 Å². The highest BCUT2D eigenvalue weighted by Gasteiger charge is 2.35. The maximum absolute atomic E-state index is 12.1. The second-order valence-corrected chi connectivity index (χ2v) is 5.75. The molecule has 1 unspecified atom stereocenters. The van der Waals surface area contributed by atoms with Crippen molar-refractivity contribution in [2.75, 3.05) is 13.1 Å². The smallest absolute Gasteiger partial charge is 0.250 e. The number of pyridine rings is 1. The summed E-state index contributed by atoms with van der Waals surface area (Å²) in [5.74, 6) is 1.04. The number of carbonyl (C=O) groups is 1. The van der Waals surface area contributed by atoms with Crippen molar-refractivity contribution in [1.29, 1.82) is 0 Å². The zero-order valence-electron chi connectivity index (χ0n) is 11.3. The first-order chi connectivity index (χ1) is 9.19. The summed E-state index contributed by atoms with van der Waals surface area (Å²) in [7, 11) is 0. The number of fused-ring (bicyclic) bond motifs is 4. The first-order valence-corrected chi connectivity index (χ1v) is 7.16. The van der Waals surface area contributed by atoms with Gasteiger partial charge in [0.1, 0.15) is 0 Å². The van der Waals surface area contributed by atoms with Crippen LogP contribution in [0.1, 0.15) is 37.8 Å². The highest BCUT2D eigenvalue weighted by Crippen LogP contribution is 2.35. The maximum atomic E-state index is 12.1. The summed E-state index contributed by atoms with van der Waals surface area (Å²) >= 11 is 0.